The zero-order valence-electron chi connectivity index (χ0n) is 14.7. The van der Waals surface area contributed by atoms with Crippen LogP contribution >= 0.6 is 0 Å². The summed E-state index contributed by atoms with van der Waals surface area (Å²) in [5.41, 5.74) is 1.96. The van der Waals surface area contributed by atoms with E-state index in [0.717, 1.165) is 12.0 Å². The summed E-state index contributed by atoms with van der Waals surface area (Å²) < 4.78 is 0. The molecule has 1 saturated heterocycles. The molecule has 0 radical (unpaired) electrons. The fourth-order valence-corrected chi connectivity index (χ4v) is 3.07. The van der Waals surface area contributed by atoms with Crippen LogP contribution in [0.2, 0.25) is 0 Å². The zero-order valence-corrected chi connectivity index (χ0v) is 14.7. The van der Waals surface area contributed by atoms with E-state index in [4.69, 9.17) is 0 Å². The van der Waals surface area contributed by atoms with Crippen molar-refractivity contribution in [3.05, 3.63) is 51.7 Å². The predicted molar refractivity (Wildman–Crippen MR) is 95.3 cm³/mol. The molecule has 1 aliphatic rings. The Labute approximate surface area is 151 Å². The number of amides is 2. The largest absolute Gasteiger partial charge is 0.355 e. The first-order valence-electron chi connectivity index (χ1n) is 8.82. The molecule has 0 bridgehead atoms. The van der Waals surface area contributed by atoms with Gasteiger partial charge in [0.15, 0.2) is 0 Å². The van der Waals surface area contributed by atoms with Crippen LogP contribution in [0.1, 0.15) is 30.3 Å². The molecule has 1 fully saturated rings. The SMILES string of the molecule is CCc1ccc(CN2C[C@H](C(=O)NCCc3n[nH]c(=O)[nH]3)CC2=O)cc1. The molecule has 0 spiro atoms. The lowest BCUT2D eigenvalue weighted by Crippen LogP contribution is -2.34. The number of nitrogens with one attached hydrogen (secondary N) is 3. The number of aromatic amines is 2. The Kier molecular flexibility index (Phi) is 5.50. The summed E-state index contributed by atoms with van der Waals surface area (Å²) in [6.07, 6.45) is 1.65. The number of benzene rings is 1. The van der Waals surface area contributed by atoms with E-state index < -0.39 is 0 Å². The molecule has 0 saturated carbocycles. The fraction of sp³-hybridized carbons (Fsp3) is 0.444. The average Bonchev–Trinajstić information content (AvgIpc) is 3.21. The lowest BCUT2D eigenvalue weighted by atomic mass is 10.1. The van der Waals surface area contributed by atoms with Gasteiger partial charge < -0.3 is 10.2 Å². The average molecular weight is 357 g/mol. The van der Waals surface area contributed by atoms with Crippen molar-refractivity contribution in [1.29, 1.82) is 0 Å². The fourth-order valence-electron chi connectivity index (χ4n) is 3.07. The Bertz CT molecular complexity index is 824. The number of carbonyl (C=O) groups excluding carboxylic acids is 2. The summed E-state index contributed by atoms with van der Waals surface area (Å²) in [6, 6.07) is 8.20. The van der Waals surface area contributed by atoms with Gasteiger partial charge in [-0.1, -0.05) is 31.2 Å². The maximum absolute atomic E-state index is 12.3. The van der Waals surface area contributed by atoms with Crippen LogP contribution in [0.3, 0.4) is 0 Å². The number of carbonyl (C=O) groups is 2. The predicted octanol–water partition coefficient (Wildman–Crippen LogP) is 0.368. The van der Waals surface area contributed by atoms with E-state index in [-0.39, 0.29) is 29.8 Å². The lowest BCUT2D eigenvalue weighted by molar-refractivity contribution is -0.129. The van der Waals surface area contributed by atoms with Crippen molar-refractivity contribution in [1.82, 2.24) is 25.4 Å². The van der Waals surface area contributed by atoms with Crippen LogP contribution in [0.4, 0.5) is 0 Å². The van der Waals surface area contributed by atoms with Crippen LogP contribution in [0.25, 0.3) is 0 Å². The molecule has 1 aliphatic heterocycles. The van der Waals surface area contributed by atoms with Gasteiger partial charge in [0.2, 0.25) is 11.8 Å². The van der Waals surface area contributed by atoms with Crippen molar-refractivity contribution >= 4 is 11.8 Å². The van der Waals surface area contributed by atoms with E-state index in [1.807, 2.05) is 12.1 Å². The summed E-state index contributed by atoms with van der Waals surface area (Å²) in [5.74, 6) is 0.0204. The van der Waals surface area contributed by atoms with Gasteiger partial charge in [-0.25, -0.2) is 9.89 Å². The van der Waals surface area contributed by atoms with Gasteiger partial charge >= 0.3 is 5.69 Å². The van der Waals surface area contributed by atoms with Crippen molar-refractivity contribution in [3.63, 3.8) is 0 Å². The molecule has 2 heterocycles. The van der Waals surface area contributed by atoms with Crippen LogP contribution in [-0.2, 0) is 29.0 Å². The first kappa shape index (κ1) is 17.9. The molecule has 2 aromatic rings. The molecule has 8 nitrogen and oxygen atoms in total. The van der Waals surface area contributed by atoms with E-state index in [9.17, 15) is 14.4 Å². The minimum absolute atomic E-state index is 0.00125. The van der Waals surface area contributed by atoms with E-state index >= 15 is 0 Å². The number of nitrogens with zero attached hydrogens (tertiary/aromatic N) is 2. The van der Waals surface area contributed by atoms with Crippen LogP contribution in [-0.4, -0.2) is 45.0 Å². The Morgan fingerprint density at radius 3 is 2.65 bits per heavy atom. The molecule has 3 N–H and O–H groups in total. The number of aryl methyl sites for hydroxylation is 1. The minimum Gasteiger partial charge on any atom is -0.355 e. The summed E-state index contributed by atoms with van der Waals surface area (Å²) in [7, 11) is 0. The maximum Gasteiger partial charge on any atom is 0.340 e. The van der Waals surface area contributed by atoms with Gasteiger partial charge in [0.25, 0.3) is 0 Å². The number of rotatable bonds is 7. The second-order valence-corrected chi connectivity index (χ2v) is 6.51. The molecule has 1 aromatic heterocycles. The second kappa shape index (κ2) is 7.99. The monoisotopic (exact) mass is 357 g/mol. The molecule has 0 aliphatic carbocycles. The van der Waals surface area contributed by atoms with E-state index in [2.05, 4.69) is 39.6 Å². The number of hydrogen-bond acceptors (Lipinski definition) is 4. The van der Waals surface area contributed by atoms with Gasteiger partial charge in [-0.2, -0.15) is 5.10 Å². The van der Waals surface area contributed by atoms with Crippen LogP contribution < -0.4 is 11.0 Å². The first-order valence-corrected chi connectivity index (χ1v) is 8.82. The number of hydrogen-bond donors (Lipinski definition) is 3. The van der Waals surface area contributed by atoms with Gasteiger partial charge in [-0.05, 0) is 17.5 Å². The summed E-state index contributed by atoms with van der Waals surface area (Å²) >= 11 is 0. The van der Waals surface area contributed by atoms with Gasteiger partial charge in [0, 0.05) is 32.5 Å². The van der Waals surface area contributed by atoms with Gasteiger partial charge in [0.05, 0.1) is 5.92 Å². The van der Waals surface area contributed by atoms with Crippen molar-refractivity contribution in [2.75, 3.05) is 13.1 Å². The highest BCUT2D eigenvalue weighted by atomic mass is 16.2. The maximum atomic E-state index is 12.3. The standard InChI is InChI=1S/C18H23N5O3/c1-2-12-3-5-13(6-4-12)10-23-11-14(9-16(23)24)17(25)19-8-7-15-20-18(26)22-21-15/h3-6,14H,2,7-11H2,1H3,(H,19,25)(H2,20,21,22,26)/t14-/m1/s1. The molecule has 1 atom stereocenters. The third-order valence-corrected chi connectivity index (χ3v) is 4.60. The summed E-state index contributed by atoms with van der Waals surface area (Å²) in [6.45, 7) is 3.43. The topological polar surface area (TPSA) is 111 Å². The summed E-state index contributed by atoms with van der Waals surface area (Å²) in [5, 5.41) is 8.87. The van der Waals surface area contributed by atoms with Gasteiger partial charge in [-0.15, -0.1) is 0 Å². The normalized spacial score (nSPS) is 16.9. The van der Waals surface area contributed by atoms with Crippen LogP contribution in [0, 0.1) is 5.92 Å². The van der Waals surface area contributed by atoms with Crippen LogP contribution in [0.15, 0.2) is 29.1 Å². The summed E-state index contributed by atoms with van der Waals surface area (Å²) in [4.78, 5) is 39.7. The van der Waals surface area contributed by atoms with Crippen LogP contribution in [0.5, 0.6) is 0 Å². The highest BCUT2D eigenvalue weighted by Gasteiger charge is 2.34. The third-order valence-electron chi connectivity index (χ3n) is 4.60. The molecular formula is C18H23N5O3. The Balaban J connectivity index is 1.48. The molecular weight excluding hydrogens is 334 g/mol. The van der Waals surface area contributed by atoms with Crippen molar-refractivity contribution in [2.45, 2.75) is 32.7 Å². The molecule has 1 aromatic carbocycles. The quantitative estimate of drug-likeness (QED) is 0.665. The number of H-pyrrole nitrogens is 2. The van der Waals surface area contributed by atoms with Gasteiger partial charge in [0.1, 0.15) is 5.82 Å². The first-order chi connectivity index (χ1) is 12.5. The van der Waals surface area contributed by atoms with Crippen molar-refractivity contribution in [3.8, 4) is 0 Å². The Hall–Kier alpha value is -2.90. The highest BCUT2D eigenvalue weighted by Crippen LogP contribution is 2.20. The van der Waals surface area contributed by atoms with E-state index in [0.29, 0.717) is 31.9 Å². The number of likely N-dealkylation sites (tertiary alicyclic amines) is 1. The lowest BCUT2D eigenvalue weighted by Gasteiger charge is -2.17. The van der Waals surface area contributed by atoms with E-state index in [1.165, 1.54) is 5.56 Å². The molecule has 2 amide bonds. The highest BCUT2D eigenvalue weighted by molar-refractivity contribution is 5.89. The molecule has 3 rings (SSSR count). The molecule has 26 heavy (non-hydrogen) atoms. The number of aromatic nitrogens is 3. The van der Waals surface area contributed by atoms with Crippen molar-refractivity contribution in [2.24, 2.45) is 5.92 Å². The van der Waals surface area contributed by atoms with Gasteiger partial charge in [-0.3, -0.25) is 14.6 Å². The Morgan fingerprint density at radius 1 is 1.27 bits per heavy atom. The molecule has 0 unspecified atom stereocenters. The minimum atomic E-state index is -0.365. The zero-order chi connectivity index (χ0) is 18.5. The second-order valence-electron chi connectivity index (χ2n) is 6.51. The van der Waals surface area contributed by atoms with Crippen molar-refractivity contribution < 1.29 is 9.59 Å². The van der Waals surface area contributed by atoms with E-state index in [1.54, 1.807) is 4.90 Å². The third kappa shape index (κ3) is 4.38. The smallest absolute Gasteiger partial charge is 0.340 e. The Morgan fingerprint density at radius 2 is 2.00 bits per heavy atom. The molecule has 8 heteroatoms. The molecule has 138 valence electrons.